The summed E-state index contributed by atoms with van der Waals surface area (Å²) >= 11 is 8.15. The summed E-state index contributed by atoms with van der Waals surface area (Å²) in [6.07, 6.45) is 4.42. The third-order valence-corrected chi connectivity index (χ3v) is 7.08. The average molecular weight is 427 g/mol. The van der Waals surface area contributed by atoms with E-state index in [9.17, 15) is 19.0 Å². The van der Waals surface area contributed by atoms with Crippen LogP contribution < -0.4 is 0 Å². The maximum atomic E-state index is 13.5. The fourth-order valence-corrected chi connectivity index (χ4v) is 5.62. The smallest absolute Gasteiger partial charge is 0.126 e. The SMILES string of the molecule is C/C(=C/c1cc(F)cc(F)c1)[C@@H]1[C@@H](CCCc2ccc(CO)s2)[C@H](Cl)C[C@H]1O. The summed E-state index contributed by atoms with van der Waals surface area (Å²) in [7, 11) is 0. The Morgan fingerprint density at radius 1 is 1.21 bits per heavy atom. The van der Waals surface area contributed by atoms with Crippen LogP contribution >= 0.6 is 22.9 Å². The van der Waals surface area contributed by atoms with Gasteiger partial charge in [0.15, 0.2) is 0 Å². The molecule has 6 heteroatoms. The molecule has 1 heterocycles. The first-order valence-corrected chi connectivity index (χ1v) is 10.8. The van der Waals surface area contributed by atoms with Crippen LogP contribution in [0.3, 0.4) is 0 Å². The highest BCUT2D eigenvalue weighted by molar-refractivity contribution is 7.11. The van der Waals surface area contributed by atoms with Gasteiger partial charge in [-0.3, -0.25) is 0 Å². The van der Waals surface area contributed by atoms with Crippen molar-refractivity contribution in [2.75, 3.05) is 0 Å². The Bertz CT molecular complexity index is 815. The molecule has 152 valence electrons. The fourth-order valence-electron chi connectivity index (χ4n) is 4.24. The van der Waals surface area contributed by atoms with Crippen LogP contribution in [0.1, 0.15) is 41.5 Å². The van der Waals surface area contributed by atoms with Gasteiger partial charge in [-0.25, -0.2) is 8.78 Å². The summed E-state index contributed by atoms with van der Waals surface area (Å²) in [5.74, 6) is -1.24. The van der Waals surface area contributed by atoms with E-state index in [0.29, 0.717) is 12.0 Å². The molecule has 2 N–H and O–H groups in total. The molecule has 1 aromatic heterocycles. The van der Waals surface area contributed by atoms with Crippen molar-refractivity contribution >= 4 is 29.0 Å². The molecule has 3 rings (SSSR count). The second-order valence-electron chi connectivity index (χ2n) is 7.52. The summed E-state index contributed by atoms with van der Waals surface area (Å²) in [6.45, 7) is 1.96. The van der Waals surface area contributed by atoms with E-state index >= 15 is 0 Å². The first-order chi connectivity index (χ1) is 13.4. The van der Waals surface area contributed by atoms with E-state index in [2.05, 4.69) is 0 Å². The van der Waals surface area contributed by atoms with E-state index in [0.717, 1.165) is 35.8 Å². The van der Waals surface area contributed by atoms with Gasteiger partial charge < -0.3 is 10.2 Å². The zero-order valence-corrected chi connectivity index (χ0v) is 17.3. The van der Waals surface area contributed by atoms with Gasteiger partial charge >= 0.3 is 0 Å². The van der Waals surface area contributed by atoms with E-state index in [1.54, 1.807) is 17.4 Å². The summed E-state index contributed by atoms with van der Waals surface area (Å²) < 4.78 is 26.9. The Hall–Kier alpha value is -1.27. The maximum Gasteiger partial charge on any atom is 0.126 e. The molecular weight excluding hydrogens is 402 g/mol. The number of alkyl halides is 1. The lowest BCUT2D eigenvalue weighted by molar-refractivity contribution is 0.134. The molecule has 0 spiro atoms. The maximum absolute atomic E-state index is 13.5. The molecule has 1 aliphatic rings. The Morgan fingerprint density at radius 2 is 1.89 bits per heavy atom. The number of hydrogen-bond acceptors (Lipinski definition) is 3. The van der Waals surface area contributed by atoms with E-state index in [-0.39, 0.29) is 23.8 Å². The lowest BCUT2D eigenvalue weighted by Gasteiger charge is -2.24. The zero-order valence-electron chi connectivity index (χ0n) is 15.7. The molecule has 1 fully saturated rings. The van der Waals surface area contributed by atoms with E-state index in [1.165, 1.54) is 17.0 Å². The van der Waals surface area contributed by atoms with E-state index in [1.807, 2.05) is 19.1 Å². The van der Waals surface area contributed by atoms with Crippen LogP contribution in [0.2, 0.25) is 0 Å². The Labute approximate surface area is 173 Å². The van der Waals surface area contributed by atoms with Crippen LogP contribution in [0.4, 0.5) is 8.78 Å². The third-order valence-electron chi connectivity index (χ3n) is 5.45. The van der Waals surface area contributed by atoms with Gasteiger partial charge in [-0.05, 0) is 68.4 Å². The molecular formula is C22H25ClF2O2S. The van der Waals surface area contributed by atoms with Gasteiger partial charge in [0.05, 0.1) is 12.7 Å². The Kier molecular flexibility index (Phi) is 7.26. The highest BCUT2D eigenvalue weighted by Gasteiger charge is 2.41. The first-order valence-electron chi connectivity index (χ1n) is 9.52. The molecule has 0 bridgehead atoms. The lowest BCUT2D eigenvalue weighted by atomic mass is 9.84. The molecule has 0 aliphatic heterocycles. The Balaban J connectivity index is 1.69. The monoisotopic (exact) mass is 426 g/mol. The van der Waals surface area contributed by atoms with Crippen molar-refractivity contribution in [3.63, 3.8) is 0 Å². The summed E-state index contributed by atoms with van der Waals surface area (Å²) in [6, 6.07) is 7.41. The molecule has 1 aliphatic carbocycles. The second-order valence-corrected chi connectivity index (χ2v) is 9.33. The number of aryl methyl sites for hydroxylation is 1. The van der Waals surface area contributed by atoms with Crippen molar-refractivity contribution in [1.82, 2.24) is 0 Å². The number of hydrogen-bond donors (Lipinski definition) is 2. The van der Waals surface area contributed by atoms with Gasteiger partial charge in [0.25, 0.3) is 0 Å². The topological polar surface area (TPSA) is 40.5 Å². The molecule has 0 saturated heterocycles. The molecule has 0 radical (unpaired) electrons. The minimum absolute atomic E-state index is 0.0655. The fraction of sp³-hybridized carbons (Fsp3) is 0.455. The van der Waals surface area contributed by atoms with Crippen molar-refractivity contribution < 1.29 is 19.0 Å². The molecule has 0 amide bonds. The predicted molar refractivity (Wildman–Crippen MR) is 110 cm³/mol. The highest BCUT2D eigenvalue weighted by Crippen LogP contribution is 2.43. The summed E-state index contributed by atoms with van der Waals surface area (Å²) in [5.41, 5.74) is 1.35. The first kappa shape index (κ1) is 21.4. The lowest BCUT2D eigenvalue weighted by Crippen LogP contribution is -2.22. The van der Waals surface area contributed by atoms with Crippen LogP contribution in [0.15, 0.2) is 35.9 Å². The number of benzene rings is 1. The molecule has 2 nitrogen and oxygen atoms in total. The Morgan fingerprint density at radius 3 is 2.54 bits per heavy atom. The van der Waals surface area contributed by atoms with Crippen molar-refractivity contribution in [1.29, 1.82) is 0 Å². The van der Waals surface area contributed by atoms with Crippen molar-refractivity contribution in [2.45, 2.75) is 50.7 Å². The number of rotatable bonds is 7. The molecule has 0 unspecified atom stereocenters. The van der Waals surface area contributed by atoms with Gasteiger partial charge in [-0.1, -0.05) is 11.6 Å². The third kappa shape index (κ3) is 5.20. The van der Waals surface area contributed by atoms with Crippen molar-refractivity contribution in [3.05, 3.63) is 62.9 Å². The zero-order chi connectivity index (χ0) is 20.3. The minimum atomic E-state index is -0.615. The molecule has 28 heavy (non-hydrogen) atoms. The highest BCUT2D eigenvalue weighted by atomic mass is 35.5. The van der Waals surface area contributed by atoms with Crippen LogP contribution in [0.5, 0.6) is 0 Å². The van der Waals surface area contributed by atoms with Gasteiger partial charge in [-0.15, -0.1) is 22.9 Å². The van der Waals surface area contributed by atoms with E-state index in [4.69, 9.17) is 11.6 Å². The quantitative estimate of drug-likeness (QED) is 0.570. The van der Waals surface area contributed by atoms with Gasteiger partial charge in [0.2, 0.25) is 0 Å². The number of thiophene rings is 1. The molecule has 2 aromatic rings. The van der Waals surface area contributed by atoms with Crippen LogP contribution in [-0.4, -0.2) is 21.7 Å². The van der Waals surface area contributed by atoms with Crippen LogP contribution in [0.25, 0.3) is 6.08 Å². The summed E-state index contributed by atoms with van der Waals surface area (Å²) in [4.78, 5) is 2.19. The minimum Gasteiger partial charge on any atom is -0.392 e. The number of aliphatic hydroxyl groups excluding tert-OH is 2. The molecule has 1 aromatic carbocycles. The van der Waals surface area contributed by atoms with Crippen LogP contribution in [0, 0.1) is 23.5 Å². The molecule has 4 atom stereocenters. The summed E-state index contributed by atoms with van der Waals surface area (Å²) in [5, 5.41) is 19.6. The standard InChI is InChI=1S/C22H25ClF2O2S/c1-13(7-14-8-15(24)10-16(25)9-14)22-19(20(23)11-21(22)27)4-2-3-17-5-6-18(12-26)28-17/h5-10,19-22,26-27H,2-4,11-12H2,1H3/b13-7-/t19-,20+,21+,22+/m0/s1. The van der Waals surface area contributed by atoms with Crippen molar-refractivity contribution in [3.8, 4) is 0 Å². The van der Waals surface area contributed by atoms with Crippen LogP contribution in [-0.2, 0) is 13.0 Å². The number of halogens is 3. The largest absolute Gasteiger partial charge is 0.392 e. The normalized spacial score (nSPS) is 25.4. The van der Waals surface area contributed by atoms with Gasteiger partial charge in [0, 0.05) is 27.1 Å². The van der Waals surface area contributed by atoms with Crippen molar-refractivity contribution in [2.24, 2.45) is 11.8 Å². The van der Waals surface area contributed by atoms with Gasteiger partial charge in [-0.2, -0.15) is 0 Å². The van der Waals surface area contributed by atoms with Gasteiger partial charge in [0.1, 0.15) is 11.6 Å². The molecule has 1 saturated carbocycles. The predicted octanol–water partition coefficient (Wildman–Crippen LogP) is 5.55. The average Bonchev–Trinajstić information content (AvgIpc) is 3.18. The second kappa shape index (κ2) is 9.49. The number of aliphatic hydroxyl groups is 2. The van der Waals surface area contributed by atoms with E-state index < -0.39 is 17.7 Å².